The van der Waals surface area contributed by atoms with Crippen LogP contribution in [0.25, 0.3) is 10.8 Å². The van der Waals surface area contributed by atoms with E-state index in [2.05, 4.69) is 10.3 Å². The van der Waals surface area contributed by atoms with Crippen LogP contribution in [0.2, 0.25) is 0 Å². The molecule has 3 heterocycles. The van der Waals surface area contributed by atoms with E-state index in [0.717, 1.165) is 32.7 Å². The molecule has 9 rings (SSSR count). The number of ether oxygens (including phenoxy) is 1. The Morgan fingerprint density at radius 3 is 2.48 bits per heavy atom. The number of halogens is 1. The molecule has 4 aliphatic rings. The van der Waals surface area contributed by atoms with E-state index in [1.54, 1.807) is 17.8 Å². The van der Waals surface area contributed by atoms with Gasteiger partial charge >= 0.3 is 4.87 Å². The van der Waals surface area contributed by atoms with Crippen LogP contribution < -0.4 is 19.8 Å². The monoisotopic (exact) mass is 677 g/mol. The number of carbonyl (C=O) groups is 3. The number of rotatable bonds is 6. The number of nitrogens with zero attached hydrogens (tertiary/aromatic N) is 1. The molecule has 6 unspecified atom stereocenters. The lowest BCUT2D eigenvalue weighted by Crippen LogP contribution is -2.42. The maximum atomic E-state index is 13.9. The van der Waals surface area contributed by atoms with Crippen LogP contribution in [0, 0.1) is 35.4 Å². The molecule has 2 bridgehead atoms. The number of H-pyrrole nitrogens is 1. The van der Waals surface area contributed by atoms with E-state index in [0.29, 0.717) is 17.1 Å². The molecule has 4 aromatic carbocycles. The maximum absolute atomic E-state index is 13.9. The first-order valence-corrected chi connectivity index (χ1v) is 17.6. The number of aromatic amines is 1. The summed E-state index contributed by atoms with van der Waals surface area (Å²) in [7, 11) is 0. The first-order chi connectivity index (χ1) is 23.3. The number of benzene rings is 4. The minimum Gasteiger partial charge on any atom is -0.484 e. The van der Waals surface area contributed by atoms with Crippen LogP contribution in [-0.2, 0) is 14.4 Å². The molecule has 8 nitrogen and oxygen atoms in total. The highest BCUT2D eigenvalue weighted by Gasteiger charge is 2.69. The summed E-state index contributed by atoms with van der Waals surface area (Å²) >= 11 is 2.81. The van der Waals surface area contributed by atoms with Crippen LogP contribution in [0.15, 0.2) is 101 Å². The summed E-state index contributed by atoms with van der Waals surface area (Å²) < 4.78 is 19.7. The van der Waals surface area contributed by atoms with Crippen molar-refractivity contribution in [3.8, 4) is 5.75 Å². The molecule has 1 saturated heterocycles. The molecule has 5 aromatic rings. The number of aromatic nitrogens is 1. The number of carbonyl (C=O) groups excluding carboxylic acids is 3. The number of hydrogen-bond acceptors (Lipinski definition) is 7. The van der Waals surface area contributed by atoms with Crippen molar-refractivity contribution >= 4 is 63.0 Å². The Bertz CT molecular complexity index is 2200. The molecule has 48 heavy (non-hydrogen) atoms. The third kappa shape index (κ3) is 4.62. The van der Waals surface area contributed by atoms with E-state index in [1.165, 1.54) is 40.5 Å². The van der Waals surface area contributed by atoms with Crippen LogP contribution in [-0.4, -0.2) is 34.6 Å². The molecule has 240 valence electrons. The fraction of sp³-hybridized carbons (Fsp3) is 0.243. The van der Waals surface area contributed by atoms with Crippen molar-refractivity contribution in [2.75, 3.05) is 16.8 Å². The molecule has 3 fully saturated rings. The van der Waals surface area contributed by atoms with Gasteiger partial charge in [0.1, 0.15) is 11.6 Å². The van der Waals surface area contributed by atoms with Gasteiger partial charge in [-0.25, -0.2) is 4.39 Å². The Hall–Kier alpha value is -4.74. The molecule has 0 radical (unpaired) electrons. The lowest BCUT2D eigenvalue weighted by molar-refractivity contribution is -0.123. The number of imide groups is 1. The van der Waals surface area contributed by atoms with Gasteiger partial charge in [0.25, 0.3) is 5.91 Å². The molecule has 1 aromatic heterocycles. The van der Waals surface area contributed by atoms with E-state index in [4.69, 9.17) is 4.74 Å². The van der Waals surface area contributed by atoms with E-state index < -0.39 is 17.7 Å². The standard InChI is InChI=1S/C37H28FN3O5S2/c38-21-9-12-23(13-10-21)41-35(43)30-25-16-26(31(30)36(41)44)32-29(25)28(33-34(47-32)40-37(45)48-33)20-6-3-7-24(15-20)46-17-27(42)39-22-11-8-18-4-1-2-5-19(18)14-22/h1-15,25-26,28-32H,16-17H2,(H,39,42)(H,40,45)/t25?,26?,28-,29?,30?,31?,32?/m1/s1. The number of fused-ring (bicyclic) bond motifs is 10. The van der Waals surface area contributed by atoms with Gasteiger partial charge < -0.3 is 15.0 Å². The second-order valence-corrected chi connectivity index (χ2v) is 15.1. The third-order valence-electron chi connectivity index (χ3n) is 10.4. The predicted molar refractivity (Wildman–Crippen MR) is 182 cm³/mol. The second kappa shape index (κ2) is 11.2. The summed E-state index contributed by atoms with van der Waals surface area (Å²) in [6, 6.07) is 26.8. The summed E-state index contributed by atoms with van der Waals surface area (Å²) in [5.41, 5.74) is 2.01. The minimum absolute atomic E-state index is 0.0107. The normalized spacial score (nSPS) is 26.8. The Kier molecular flexibility index (Phi) is 6.84. The lowest BCUT2D eigenvalue weighted by atomic mass is 9.68. The average molecular weight is 678 g/mol. The van der Waals surface area contributed by atoms with Gasteiger partial charge in [0, 0.05) is 21.7 Å². The molecule has 2 aliphatic carbocycles. The van der Waals surface area contributed by atoms with Crippen LogP contribution >= 0.6 is 23.1 Å². The molecule has 2 aliphatic heterocycles. The van der Waals surface area contributed by atoms with E-state index in [1.807, 2.05) is 60.7 Å². The summed E-state index contributed by atoms with van der Waals surface area (Å²) in [6.07, 6.45) is 0.757. The van der Waals surface area contributed by atoms with Gasteiger partial charge in [0.2, 0.25) is 11.8 Å². The van der Waals surface area contributed by atoms with Crippen LogP contribution in [0.3, 0.4) is 0 Å². The molecule has 0 spiro atoms. The smallest absolute Gasteiger partial charge is 0.305 e. The quantitative estimate of drug-likeness (QED) is 0.201. The molecule has 3 amide bonds. The number of thiazole rings is 1. The van der Waals surface area contributed by atoms with Crippen molar-refractivity contribution in [2.45, 2.75) is 22.6 Å². The van der Waals surface area contributed by atoms with Crippen LogP contribution in [0.5, 0.6) is 5.75 Å². The van der Waals surface area contributed by atoms with Gasteiger partial charge in [-0.15, -0.1) is 11.8 Å². The lowest BCUT2D eigenvalue weighted by Gasteiger charge is -2.43. The number of hydrogen-bond donors (Lipinski definition) is 2. The van der Waals surface area contributed by atoms with Gasteiger partial charge in [-0.05, 0) is 89.0 Å². The van der Waals surface area contributed by atoms with Crippen molar-refractivity contribution < 1.29 is 23.5 Å². The Morgan fingerprint density at radius 1 is 0.896 bits per heavy atom. The Labute approximate surface area is 282 Å². The molecular formula is C37H28FN3O5S2. The SMILES string of the molecule is O=C(COc1cccc([C@H]2c3sc(=O)[nH]c3SC3C4CC(C5C(=O)N(c6ccc(F)cc6)C(=O)C45)C32)c1)Nc1ccc2ccccc2c1. The topological polar surface area (TPSA) is 109 Å². The molecule has 11 heteroatoms. The molecule has 2 saturated carbocycles. The Balaban J connectivity index is 0.987. The number of nitrogens with one attached hydrogen (secondary N) is 2. The highest BCUT2D eigenvalue weighted by Crippen LogP contribution is 2.68. The molecular weight excluding hydrogens is 650 g/mol. The minimum atomic E-state index is -0.465. The number of amides is 3. The summed E-state index contributed by atoms with van der Waals surface area (Å²) in [5.74, 6) is -1.82. The predicted octanol–water partition coefficient (Wildman–Crippen LogP) is 6.42. The van der Waals surface area contributed by atoms with Gasteiger partial charge in [0.15, 0.2) is 6.61 Å². The van der Waals surface area contributed by atoms with Gasteiger partial charge in [-0.1, -0.05) is 53.8 Å². The number of anilines is 2. The number of thioether (sulfide) groups is 1. The highest BCUT2D eigenvalue weighted by atomic mass is 32.2. The van der Waals surface area contributed by atoms with Crippen LogP contribution in [0.4, 0.5) is 15.8 Å². The largest absolute Gasteiger partial charge is 0.484 e. The zero-order valence-electron chi connectivity index (χ0n) is 25.3. The highest BCUT2D eigenvalue weighted by molar-refractivity contribution is 8.00. The summed E-state index contributed by atoms with van der Waals surface area (Å²) in [6.45, 7) is -0.185. The van der Waals surface area contributed by atoms with E-state index in [9.17, 15) is 23.6 Å². The fourth-order valence-electron chi connectivity index (χ4n) is 8.65. The second-order valence-electron chi connectivity index (χ2n) is 12.9. The first-order valence-electron chi connectivity index (χ1n) is 15.9. The van der Waals surface area contributed by atoms with Gasteiger partial charge in [-0.3, -0.25) is 24.1 Å². The maximum Gasteiger partial charge on any atom is 0.305 e. The summed E-state index contributed by atoms with van der Waals surface area (Å²) in [4.78, 5) is 58.3. The zero-order valence-corrected chi connectivity index (χ0v) is 26.9. The van der Waals surface area contributed by atoms with Crippen molar-refractivity contribution in [3.63, 3.8) is 0 Å². The van der Waals surface area contributed by atoms with Crippen molar-refractivity contribution in [1.82, 2.24) is 4.98 Å². The van der Waals surface area contributed by atoms with Crippen LogP contribution in [0.1, 0.15) is 22.8 Å². The van der Waals surface area contributed by atoms with Crippen molar-refractivity contribution in [2.24, 2.45) is 29.6 Å². The van der Waals surface area contributed by atoms with Crippen molar-refractivity contribution in [1.29, 1.82) is 0 Å². The van der Waals surface area contributed by atoms with Crippen molar-refractivity contribution in [3.05, 3.63) is 117 Å². The third-order valence-corrected chi connectivity index (χ3v) is 13.0. The average Bonchev–Trinajstić information content (AvgIpc) is 3.83. The summed E-state index contributed by atoms with van der Waals surface area (Å²) in [5, 5.41) is 5.86. The fourth-order valence-corrected chi connectivity index (χ4v) is 11.5. The zero-order chi connectivity index (χ0) is 32.7. The van der Waals surface area contributed by atoms with E-state index in [-0.39, 0.29) is 58.1 Å². The first kappa shape index (κ1) is 29.4. The molecule has 2 N–H and O–H groups in total. The van der Waals surface area contributed by atoms with Gasteiger partial charge in [0.05, 0.1) is 22.5 Å². The van der Waals surface area contributed by atoms with E-state index >= 15 is 0 Å². The van der Waals surface area contributed by atoms with Gasteiger partial charge in [-0.2, -0.15) is 0 Å². The molecule has 7 atom stereocenters. The Morgan fingerprint density at radius 2 is 1.67 bits per heavy atom.